The van der Waals surface area contributed by atoms with Crippen LogP contribution in [0.15, 0.2) is 33.6 Å². The fourth-order valence-electron chi connectivity index (χ4n) is 2.54. The standard InChI is InChI=1S/C16H18N4O3S/c1-3-13(21)17-16-19-18-15(23-16)10-8-14(22)20(9-10)11-4-6-12(24-2)7-5-11/h4-7,10H,3,8-9H2,1-2H3,(H,17,19,21)/t10-/m1/s1. The molecule has 0 saturated carbocycles. The summed E-state index contributed by atoms with van der Waals surface area (Å²) in [6.45, 7) is 2.23. The summed E-state index contributed by atoms with van der Waals surface area (Å²) < 4.78 is 5.47. The zero-order chi connectivity index (χ0) is 17.1. The quantitative estimate of drug-likeness (QED) is 0.837. The van der Waals surface area contributed by atoms with Crippen molar-refractivity contribution in [2.75, 3.05) is 23.0 Å². The van der Waals surface area contributed by atoms with Crippen molar-refractivity contribution in [1.29, 1.82) is 0 Å². The Morgan fingerprint density at radius 3 is 2.79 bits per heavy atom. The topological polar surface area (TPSA) is 88.3 Å². The number of carbonyl (C=O) groups excluding carboxylic acids is 2. The van der Waals surface area contributed by atoms with Crippen molar-refractivity contribution in [2.24, 2.45) is 0 Å². The van der Waals surface area contributed by atoms with Crippen LogP contribution in [0.2, 0.25) is 0 Å². The molecule has 3 rings (SSSR count). The third-order valence-electron chi connectivity index (χ3n) is 3.87. The zero-order valence-corrected chi connectivity index (χ0v) is 14.3. The number of hydrogen-bond acceptors (Lipinski definition) is 6. The summed E-state index contributed by atoms with van der Waals surface area (Å²) in [6.07, 6.45) is 2.66. The molecule has 1 atom stereocenters. The Hall–Kier alpha value is -2.35. The van der Waals surface area contributed by atoms with Crippen LogP contribution in [0.4, 0.5) is 11.7 Å². The number of hydrogen-bond donors (Lipinski definition) is 1. The van der Waals surface area contributed by atoms with Gasteiger partial charge < -0.3 is 9.32 Å². The molecule has 2 aromatic rings. The molecule has 1 aliphatic heterocycles. The van der Waals surface area contributed by atoms with E-state index in [4.69, 9.17) is 4.42 Å². The van der Waals surface area contributed by atoms with Crippen molar-refractivity contribution in [3.63, 3.8) is 0 Å². The Labute approximate surface area is 143 Å². The van der Waals surface area contributed by atoms with Crippen LogP contribution >= 0.6 is 11.8 Å². The highest BCUT2D eigenvalue weighted by Crippen LogP contribution is 2.32. The molecule has 0 radical (unpaired) electrons. The molecule has 1 saturated heterocycles. The minimum absolute atomic E-state index is 0.0224. The number of aromatic nitrogens is 2. The molecular formula is C16H18N4O3S. The highest BCUT2D eigenvalue weighted by Gasteiger charge is 2.35. The number of carbonyl (C=O) groups is 2. The van der Waals surface area contributed by atoms with Gasteiger partial charge in [-0.05, 0) is 30.5 Å². The maximum atomic E-state index is 12.3. The van der Waals surface area contributed by atoms with E-state index in [9.17, 15) is 9.59 Å². The normalized spacial score (nSPS) is 17.3. The van der Waals surface area contributed by atoms with Gasteiger partial charge in [-0.1, -0.05) is 12.0 Å². The molecule has 1 N–H and O–H groups in total. The Morgan fingerprint density at radius 2 is 2.12 bits per heavy atom. The maximum Gasteiger partial charge on any atom is 0.322 e. The second-order valence-corrected chi connectivity index (χ2v) is 6.33. The number of thioether (sulfide) groups is 1. The van der Waals surface area contributed by atoms with Crippen LogP contribution in [0.1, 0.15) is 31.6 Å². The molecule has 7 nitrogen and oxygen atoms in total. The molecule has 8 heteroatoms. The molecule has 1 aromatic heterocycles. The van der Waals surface area contributed by atoms with Gasteiger partial charge in [0.05, 0.1) is 5.92 Å². The minimum Gasteiger partial charge on any atom is -0.407 e. The highest BCUT2D eigenvalue weighted by molar-refractivity contribution is 7.98. The fourth-order valence-corrected chi connectivity index (χ4v) is 2.95. The Kier molecular flexibility index (Phi) is 4.84. The molecule has 0 aliphatic carbocycles. The molecule has 2 amide bonds. The Balaban J connectivity index is 1.71. The van der Waals surface area contributed by atoms with Crippen LogP contribution < -0.4 is 10.2 Å². The lowest BCUT2D eigenvalue weighted by molar-refractivity contribution is -0.117. The van der Waals surface area contributed by atoms with Gasteiger partial charge >= 0.3 is 6.01 Å². The second-order valence-electron chi connectivity index (χ2n) is 5.45. The molecule has 1 aromatic carbocycles. The molecule has 126 valence electrons. The Bertz CT molecular complexity index is 744. The number of nitrogens with zero attached hydrogens (tertiary/aromatic N) is 3. The molecule has 2 heterocycles. The summed E-state index contributed by atoms with van der Waals surface area (Å²) in [7, 11) is 0. The van der Waals surface area contributed by atoms with E-state index < -0.39 is 0 Å². The molecule has 0 spiro atoms. The number of rotatable bonds is 5. The predicted octanol–water partition coefficient (Wildman–Crippen LogP) is 2.66. The summed E-state index contributed by atoms with van der Waals surface area (Å²) >= 11 is 1.66. The van der Waals surface area contributed by atoms with Crippen molar-refractivity contribution in [2.45, 2.75) is 30.6 Å². The van der Waals surface area contributed by atoms with E-state index in [2.05, 4.69) is 15.5 Å². The fraction of sp³-hybridized carbons (Fsp3) is 0.375. The van der Waals surface area contributed by atoms with Crippen molar-refractivity contribution in [1.82, 2.24) is 10.2 Å². The van der Waals surface area contributed by atoms with Crippen LogP contribution in [0.5, 0.6) is 0 Å². The first kappa shape index (κ1) is 16.5. The van der Waals surface area contributed by atoms with Gasteiger partial charge in [-0.3, -0.25) is 14.9 Å². The van der Waals surface area contributed by atoms with Crippen LogP contribution in [0.3, 0.4) is 0 Å². The average molecular weight is 346 g/mol. The lowest BCUT2D eigenvalue weighted by Gasteiger charge is -2.16. The predicted molar refractivity (Wildman–Crippen MR) is 91.2 cm³/mol. The number of amides is 2. The smallest absolute Gasteiger partial charge is 0.322 e. The van der Waals surface area contributed by atoms with E-state index in [-0.39, 0.29) is 23.7 Å². The summed E-state index contributed by atoms with van der Waals surface area (Å²) in [5.41, 5.74) is 0.860. The van der Waals surface area contributed by atoms with Gasteiger partial charge in [-0.25, -0.2) is 0 Å². The van der Waals surface area contributed by atoms with Gasteiger partial charge in [0.2, 0.25) is 17.7 Å². The molecule has 1 aliphatic rings. The lowest BCUT2D eigenvalue weighted by Crippen LogP contribution is -2.24. The largest absolute Gasteiger partial charge is 0.407 e. The van der Waals surface area contributed by atoms with Gasteiger partial charge in [0.25, 0.3) is 0 Å². The maximum absolute atomic E-state index is 12.3. The minimum atomic E-state index is -0.191. The molecule has 0 unspecified atom stereocenters. The number of anilines is 2. The second kappa shape index (κ2) is 7.04. The van der Waals surface area contributed by atoms with Gasteiger partial charge in [-0.2, -0.15) is 0 Å². The van der Waals surface area contributed by atoms with E-state index in [1.165, 1.54) is 0 Å². The first-order valence-electron chi connectivity index (χ1n) is 7.68. The number of nitrogens with one attached hydrogen (secondary N) is 1. The van der Waals surface area contributed by atoms with E-state index in [0.717, 1.165) is 10.6 Å². The lowest BCUT2D eigenvalue weighted by atomic mass is 10.1. The highest BCUT2D eigenvalue weighted by atomic mass is 32.2. The van der Waals surface area contributed by atoms with Gasteiger partial charge in [0, 0.05) is 30.0 Å². The van der Waals surface area contributed by atoms with Crippen molar-refractivity contribution in [3.05, 3.63) is 30.2 Å². The molecular weight excluding hydrogens is 328 g/mol. The van der Waals surface area contributed by atoms with Crippen LogP contribution in [0, 0.1) is 0 Å². The van der Waals surface area contributed by atoms with Crippen LogP contribution in [-0.2, 0) is 9.59 Å². The zero-order valence-electron chi connectivity index (χ0n) is 13.5. The van der Waals surface area contributed by atoms with Crippen molar-refractivity contribution >= 4 is 35.3 Å². The van der Waals surface area contributed by atoms with Crippen molar-refractivity contribution in [3.8, 4) is 0 Å². The van der Waals surface area contributed by atoms with E-state index >= 15 is 0 Å². The summed E-state index contributed by atoms with van der Waals surface area (Å²) in [5, 5.41) is 10.3. The van der Waals surface area contributed by atoms with E-state index in [0.29, 0.717) is 25.3 Å². The summed E-state index contributed by atoms with van der Waals surface area (Å²) in [6, 6.07) is 7.93. The third-order valence-corrected chi connectivity index (χ3v) is 4.61. The first-order valence-corrected chi connectivity index (χ1v) is 8.91. The van der Waals surface area contributed by atoms with Crippen molar-refractivity contribution < 1.29 is 14.0 Å². The third kappa shape index (κ3) is 3.43. The first-order chi connectivity index (χ1) is 11.6. The van der Waals surface area contributed by atoms with Gasteiger partial charge in [0.15, 0.2) is 0 Å². The van der Waals surface area contributed by atoms with E-state index in [1.54, 1.807) is 23.6 Å². The summed E-state index contributed by atoms with van der Waals surface area (Å²) in [4.78, 5) is 26.5. The average Bonchev–Trinajstić information content (AvgIpc) is 3.21. The Morgan fingerprint density at radius 1 is 1.38 bits per heavy atom. The van der Waals surface area contributed by atoms with Gasteiger partial charge in [-0.15, -0.1) is 16.9 Å². The van der Waals surface area contributed by atoms with Crippen LogP contribution in [0.25, 0.3) is 0 Å². The van der Waals surface area contributed by atoms with Crippen LogP contribution in [-0.4, -0.2) is 34.8 Å². The van der Waals surface area contributed by atoms with E-state index in [1.807, 2.05) is 30.5 Å². The molecule has 1 fully saturated rings. The SMILES string of the molecule is CCC(=O)Nc1nnc([C@@H]2CC(=O)N(c3ccc(SC)cc3)C2)o1. The van der Waals surface area contributed by atoms with Gasteiger partial charge in [0.1, 0.15) is 0 Å². The molecule has 0 bridgehead atoms. The monoisotopic (exact) mass is 346 g/mol. The molecule has 24 heavy (non-hydrogen) atoms. The number of benzene rings is 1. The summed E-state index contributed by atoms with van der Waals surface area (Å²) in [5.74, 6) is 0.0351.